The first kappa shape index (κ1) is 14.7. The predicted molar refractivity (Wildman–Crippen MR) is 91.8 cm³/mol. The number of nitrogens with one attached hydrogen (secondary N) is 1. The van der Waals surface area contributed by atoms with Crippen LogP contribution in [0.1, 0.15) is 44.1 Å². The van der Waals surface area contributed by atoms with E-state index >= 15 is 0 Å². The van der Waals surface area contributed by atoms with Gasteiger partial charge in [0.25, 0.3) is 0 Å². The summed E-state index contributed by atoms with van der Waals surface area (Å²) in [6, 6.07) is 8.39. The minimum atomic E-state index is -0.935. The molecule has 5 aliphatic rings. The summed E-state index contributed by atoms with van der Waals surface area (Å²) in [5.41, 5.74) is 1.37. The summed E-state index contributed by atoms with van der Waals surface area (Å²) in [5, 5.41) is 3.31. The zero-order valence-electron chi connectivity index (χ0n) is 14.0. The third kappa shape index (κ3) is 2.26. The summed E-state index contributed by atoms with van der Waals surface area (Å²) in [6.07, 6.45) is 6.33. The van der Waals surface area contributed by atoms with Gasteiger partial charge in [-0.25, -0.2) is 9.18 Å². The molecule has 2 unspecified atom stereocenters. The Labute approximate surface area is 142 Å². The first-order valence-electron chi connectivity index (χ1n) is 9.46. The first-order valence-corrected chi connectivity index (χ1v) is 9.46. The number of nitrogens with zero attached hydrogens (tertiary/aromatic N) is 1. The number of hydrogen-bond donors (Lipinski definition) is 1. The zero-order valence-corrected chi connectivity index (χ0v) is 14.0. The molecule has 24 heavy (non-hydrogen) atoms. The van der Waals surface area contributed by atoms with E-state index in [0.29, 0.717) is 30.6 Å². The second-order valence-corrected chi connectivity index (χ2v) is 8.48. The lowest BCUT2D eigenvalue weighted by Gasteiger charge is -2.57. The lowest BCUT2D eigenvalue weighted by molar-refractivity contribution is -0.0899. The SMILES string of the molecule is O=C(N[C@H]1C2CC3CC1C[C@](F)(C3)C2)N1CCCc2ccccc21. The van der Waals surface area contributed by atoms with E-state index in [0.717, 1.165) is 44.3 Å². The molecule has 4 fully saturated rings. The van der Waals surface area contributed by atoms with Crippen LogP contribution in [0.3, 0.4) is 0 Å². The van der Waals surface area contributed by atoms with E-state index < -0.39 is 5.67 Å². The minimum absolute atomic E-state index is 0.0209. The molecule has 0 aromatic heterocycles. The van der Waals surface area contributed by atoms with Crippen molar-refractivity contribution in [3.8, 4) is 0 Å². The van der Waals surface area contributed by atoms with E-state index in [1.807, 2.05) is 23.1 Å². The van der Waals surface area contributed by atoms with Gasteiger partial charge in [-0.3, -0.25) is 4.90 Å². The van der Waals surface area contributed by atoms with E-state index in [9.17, 15) is 9.18 Å². The van der Waals surface area contributed by atoms with E-state index in [1.54, 1.807) is 0 Å². The maximum atomic E-state index is 14.8. The molecule has 0 spiro atoms. The molecule has 4 aliphatic carbocycles. The Kier molecular flexibility index (Phi) is 3.20. The average molecular weight is 328 g/mol. The van der Waals surface area contributed by atoms with Crippen LogP contribution in [-0.2, 0) is 6.42 Å². The number of anilines is 1. The summed E-state index contributed by atoms with van der Waals surface area (Å²) in [5.74, 6) is 1.23. The number of fused-ring (bicyclic) bond motifs is 1. The van der Waals surface area contributed by atoms with Gasteiger partial charge >= 0.3 is 6.03 Å². The second kappa shape index (κ2) is 5.21. The molecule has 2 amide bonds. The van der Waals surface area contributed by atoms with Crippen LogP contribution in [0.2, 0.25) is 0 Å². The van der Waals surface area contributed by atoms with Gasteiger partial charge in [-0.15, -0.1) is 0 Å². The third-order valence-corrected chi connectivity index (χ3v) is 6.84. The Balaban J connectivity index is 1.35. The van der Waals surface area contributed by atoms with Crippen molar-refractivity contribution in [2.24, 2.45) is 17.8 Å². The van der Waals surface area contributed by atoms with Crippen molar-refractivity contribution in [1.82, 2.24) is 5.32 Å². The zero-order chi connectivity index (χ0) is 16.3. The maximum Gasteiger partial charge on any atom is 0.322 e. The number of benzene rings is 1. The highest BCUT2D eigenvalue weighted by Crippen LogP contribution is 2.57. The monoisotopic (exact) mass is 328 g/mol. The van der Waals surface area contributed by atoms with Crippen molar-refractivity contribution in [2.45, 2.75) is 56.7 Å². The van der Waals surface area contributed by atoms with E-state index in [1.165, 1.54) is 5.56 Å². The quantitative estimate of drug-likeness (QED) is 0.828. The number of alkyl halides is 1. The normalized spacial score (nSPS) is 39.6. The molecule has 4 saturated carbocycles. The standard InChI is InChI=1S/C20H25FN2O/c21-20-10-13-8-15(11-20)18(16(9-13)12-20)22-19(24)23-7-3-5-14-4-1-2-6-17(14)23/h1-2,4,6,13,15-16,18H,3,5,7-12H2,(H,22,24)/t13?,15?,16?,18-,20-. The number of para-hydroxylation sites is 1. The number of halogens is 1. The van der Waals surface area contributed by atoms with E-state index in [-0.39, 0.29) is 12.1 Å². The van der Waals surface area contributed by atoms with Gasteiger partial charge in [0.15, 0.2) is 0 Å². The lowest BCUT2D eigenvalue weighted by Crippen LogP contribution is -2.62. The maximum absolute atomic E-state index is 14.8. The largest absolute Gasteiger partial charge is 0.334 e. The molecule has 2 atom stereocenters. The summed E-state index contributed by atoms with van der Waals surface area (Å²) in [6.45, 7) is 0.778. The molecule has 0 radical (unpaired) electrons. The number of rotatable bonds is 1. The van der Waals surface area contributed by atoms with Crippen LogP contribution in [0, 0.1) is 17.8 Å². The third-order valence-electron chi connectivity index (χ3n) is 6.84. The fourth-order valence-electron chi connectivity index (χ4n) is 6.13. The van der Waals surface area contributed by atoms with Crippen LogP contribution in [0.15, 0.2) is 24.3 Å². The molecule has 3 nitrogen and oxygen atoms in total. The predicted octanol–water partition coefficient (Wildman–Crippen LogP) is 4.07. The number of carbonyl (C=O) groups is 1. The van der Waals surface area contributed by atoms with Gasteiger partial charge in [0.05, 0.1) is 0 Å². The molecule has 1 aliphatic heterocycles. The highest BCUT2D eigenvalue weighted by molar-refractivity contribution is 5.93. The van der Waals surface area contributed by atoms with Crippen molar-refractivity contribution < 1.29 is 9.18 Å². The van der Waals surface area contributed by atoms with Crippen molar-refractivity contribution in [1.29, 1.82) is 0 Å². The van der Waals surface area contributed by atoms with Crippen molar-refractivity contribution in [3.05, 3.63) is 29.8 Å². The number of aryl methyl sites for hydroxylation is 1. The fraction of sp³-hybridized carbons (Fsp3) is 0.650. The molecule has 6 rings (SSSR count). The Bertz CT molecular complexity index is 659. The topological polar surface area (TPSA) is 32.3 Å². The van der Waals surface area contributed by atoms with Gasteiger partial charge in [0, 0.05) is 18.3 Å². The average Bonchev–Trinajstić information content (AvgIpc) is 2.56. The summed E-state index contributed by atoms with van der Waals surface area (Å²) >= 11 is 0. The smallest absolute Gasteiger partial charge is 0.322 e. The van der Waals surface area contributed by atoms with Gasteiger partial charge in [0.2, 0.25) is 0 Å². The minimum Gasteiger partial charge on any atom is -0.334 e. The number of urea groups is 1. The summed E-state index contributed by atoms with van der Waals surface area (Å²) in [7, 11) is 0. The van der Waals surface area contributed by atoms with Crippen molar-refractivity contribution in [3.63, 3.8) is 0 Å². The Morgan fingerprint density at radius 1 is 1.17 bits per heavy atom. The van der Waals surface area contributed by atoms with Gasteiger partial charge in [-0.1, -0.05) is 18.2 Å². The van der Waals surface area contributed by atoms with Crippen LogP contribution in [0.5, 0.6) is 0 Å². The fourth-order valence-corrected chi connectivity index (χ4v) is 6.13. The highest BCUT2D eigenvalue weighted by Gasteiger charge is 2.56. The summed E-state index contributed by atoms with van der Waals surface area (Å²) in [4.78, 5) is 14.9. The van der Waals surface area contributed by atoms with E-state index in [4.69, 9.17) is 0 Å². The highest BCUT2D eigenvalue weighted by atomic mass is 19.1. The molecule has 128 valence electrons. The Morgan fingerprint density at radius 3 is 2.67 bits per heavy atom. The molecule has 1 N–H and O–H groups in total. The number of carbonyl (C=O) groups excluding carboxylic acids is 1. The molecule has 1 aromatic carbocycles. The molecule has 4 bridgehead atoms. The first-order chi connectivity index (χ1) is 11.6. The summed E-state index contributed by atoms with van der Waals surface area (Å²) < 4.78 is 14.8. The van der Waals surface area contributed by atoms with Crippen LogP contribution in [-0.4, -0.2) is 24.3 Å². The van der Waals surface area contributed by atoms with Gasteiger partial charge in [-0.2, -0.15) is 0 Å². The molecule has 4 heteroatoms. The van der Waals surface area contributed by atoms with E-state index in [2.05, 4.69) is 11.4 Å². The Morgan fingerprint density at radius 2 is 1.92 bits per heavy atom. The molecule has 1 heterocycles. The van der Waals surface area contributed by atoms with Gasteiger partial charge in [0.1, 0.15) is 5.67 Å². The number of amides is 2. The molecular weight excluding hydrogens is 303 g/mol. The molecular formula is C20H25FN2O. The molecule has 0 saturated heterocycles. The second-order valence-electron chi connectivity index (χ2n) is 8.48. The van der Waals surface area contributed by atoms with Gasteiger partial charge in [-0.05, 0) is 74.3 Å². The lowest BCUT2D eigenvalue weighted by atomic mass is 9.53. The number of hydrogen-bond acceptors (Lipinski definition) is 1. The van der Waals surface area contributed by atoms with Crippen LogP contribution < -0.4 is 10.2 Å². The van der Waals surface area contributed by atoms with Gasteiger partial charge < -0.3 is 5.32 Å². The van der Waals surface area contributed by atoms with Crippen LogP contribution in [0.25, 0.3) is 0 Å². The molecule has 1 aromatic rings. The Hall–Kier alpha value is -1.58. The van der Waals surface area contributed by atoms with Crippen molar-refractivity contribution >= 4 is 11.7 Å². The van der Waals surface area contributed by atoms with Crippen LogP contribution in [0.4, 0.5) is 14.9 Å². The van der Waals surface area contributed by atoms with Crippen LogP contribution >= 0.6 is 0 Å². The van der Waals surface area contributed by atoms with Crippen molar-refractivity contribution in [2.75, 3.05) is 11.4 Å².